The zero-order chi connectivity index (χ0) is 13.1. The number of ether oxygens (including phenoxy) is 1. The number of hydrogen-bond acceptors (Lipinski definition) is 3. The first kappa shape index (κ1) is 12.7. The molecule has 18 heavy (non-hydrogen) atoms. The Morgan fingerprint density at radius 1 is 1.50 bits per heavy atom. The van der Waals surface area contributed by atoms with Crippen molar-refractivity contribution < 1.29 is 9.53 Å². The van der Waals surface area contributed by atoms with Crippen molar-refractivity contribution in [3.05, 3.63) is 18.2 Å². The maximum absolute atomic E-state index is 11.7. The third kappa shape index (κ3) is 2.94. The fourth-order valence-corrected chi connectivity index (χ4v) is 2.01. The summed E-state index contributed by atoms with van der Waals surface area (Å²) >= 11 is 0. The van der Waals surface area contributed by atoms with Crippen LogP contribution in [-0.2, 0) is 4.79 Å². The second-order valence-corrected chi connectivity index (χ2v) is 5.10. The van der Waals surface area contributed by atoms with E-state index < -0.39 is 0 Å². The number of carbonyl (C=O) groups is 1. The van der Waals surface area contributed by atoms with Crippen LogP contribution in [0.25, 0.3) is 0 Å². The van der Waals surface area contributed by atoms with Gasteiger partial charge in [-0.25, -0.2) is 0 Å². The van der Waals surface area contributed by atoms with Crippen molar-refractivity contribution in [3.8, 4) is 5.75 Å². The lowest BCUT2D eigenvalue weighted by Crippen LogP contribution is -2.28. The molecule has 0 fully saturated rings. The normalized spacial score (nSPS) is 14.1. The van der Waals surface area contributed by atoms with E-state index in [1.165, 1.54) is 0 Å². The lowest BCUT2D eigenvalue weighted by molar-refractivity contribution is -0.116. The van der Waals surface area contributed by atoms with Gasteiger partial charge in [-0.2, -0.15) is 0 Å². The molecule has 0 spiro atoms. The fourth-order valence-electron chi connectivity index (χ4n) is 2.01. The summed E-state index contributed by atoms with van der Waals surface area (Å²) in [6.45, 7) is 5.65. The van der Waals surface area contributed by atoms with Crippen LogP contribution >= 0.6 is 0 Å². The van der Waals surface area contributed by atoms with Crippen molar-refractivity contribution in [2.75, 3.05) is 30.4 Å². The van der Waals surface area contributed by atoms with Crippen LogP contribution < -0.4 is 15.0 Å². The zero-order valence-electron chi connectivity index (χ0n) is 11.2. The molecule has 1 amide bonds. The van der Waals surface area contributed by atoms with Gasteiger partial charge in [-0.3, -0.25) is 4.79 Å². The Morgan fingerprint density at radius 3 is 3.00 bits per heavy atom. The Bertz CT molecular complexity index is 443. The minimum Gasteiger partial charge on any atom is -0.490 e. The molecule has 0 aliphatic carbocycles. The Morgan fingerprint density at radius 2 is 2.28 bits per heavy atom. The molecule has 4 heteroatoms. The largest absolute Gasteiger partial charge is 0.490 e. The number of anilines is 2. The van der Waals surface area contributed by atoms with Gasteiger partial charge < -0.3 is 15.0 Å². The SMILES string of the molecule is CC(C)CC(=O)Nc1ccc2c(c1)N(C)CCO2. The Balaban J connectivity index is 2.11. The Kier molecular flexibility index (Phi) is 3.75. The first-order valence-electron chi connectivity index (χ1n) is 6.34. The van der Waals surface area contributed by atoms with Crippen molar-refractivity contribution >= 4 is 17.3 Å². The Hall–Kier alpha value is -1.71. The molecule has 1 heterocycles. The monoisotopic (exact) mass is 248 g/mol. The molecule has 0 unspecified atom stereocenters. The van der Waals surface area contributed by atoms with Gasteiger partial charge in [0.2, 0.25) is 5.91 Å². The summed E-state index contributed by atoms with van der Waals surface area (Å²) in [5.74, 6) is 1.31. The average Bonchev–Trinajstić information content (AvgIpc) is 2.29. The van der Waals surface area contributed by atoms with Gasteiger partial charge in [0.1, 0.15) is 12.4 Å². The summed E-state index contributed by atoms with van der Waals surface area (Å²) in [4.78, 5) is 13.9. The summed E-state index contributed by atoms with van der Waals surface area (Å²) in [5.41, 5.74) is 1.86. The molecule has 2 rings (SSSR count). The van der Waals surface area contributed by atoms with Crippen LogP contribution in [0.2, 0.25) is 0 Å². The smallest absolute Gasteiger partial charge is 0.224 e. The van der Waals surface area contributed by atoms with E-state index in [-0.39, 0.29) is 5.91 Å². The molecular formula is C14H20N2O2. The van der Waals surface area contributed by atoms with E-state index in [0.29, 0.717) is 18.9 Å². The van der Waals surface area contributed by atoms with Gasteiger partial charge in [0.15, 0.2) is 0 Å². The minimum atomic E-state index is 0.0596. The van der Waals surface area contributed by atoms with Crippen molar-refractivity contribution in [1.82, 2.24) is 0 Å². The quantitative estimate of drug-likeness (QED) is 0.893. The van der Waals surface area contributed by atoms with Crippen LogP contribution in [0.15, 0.2) is 18.2 Å². The summed E-state index contributed by atoms with van der Waals surface area (Å²) in [6, 6.07) is 5.76. The molecular weight excluding hydrogens is 228 g/mol. The van der Waals surface area contributed by atoms with Gasteiger partial charge >= 0.3 is 0 Å². The van der Waals surface area contributed by atoms with E-state index in [1.807, 2.05) is 39.1 Å². The average molecular weight is 248 g/mol. The number of carbonyl (C=O) groups excluding carboxylic acids is 1. The third-order valence-corrected chi connectivity index (χ3v) is 2.93. The zero-order valence-corrected chi connectivity index (χ0v) is 11.2. The highest BCUT2D eigenvalue weighted by Gasteiger charge is 2.15. The molecule has 0 aromatic heterocycles. The van der Waals surface area contributed by atoms with E-state index in [1.54, 1.807) is 0 Å². The first-order valence-corrected chi connectivity index (χ1v) is 6.34. The van der Waals surface area contributed by atoms with E-state index in [0.717, 1.165) is 23.7 Å². The first-order chi connectivity index (χ1) is 8.56. The van der Waals surface area contributed by atoms with Crippen molar-refractivity contribution in [2.45, 2.75) is 20.3 Å². The second-order valence-electron chi connectivity index (χ2n) is 5.10. The van der Waals surface area contributed by atoms with Crippen LogP contribution in [0.4, 0.5) is 11.4 Å². The lowest BCUT2D eigenvalue weighted by Gasteiger charge is -2.28. The summed E-state index contributed by atoms with van der Waals surface area (Å²) in [5, 5.41) is 2.92. The highest BCUT2D eigenvalue weighted by Crippen LogP contribution is 2.33. The molecule has 0 atom stereocenters. The molecule has 0 bridgehead atoms. The van der Waals surface area contributed by atoms with Crippen molar-refractivity contribution in [3.63, 3.8) is 0 Å². The topological polar surface area (TPSA) is 41.6 Å². The van der Waals surface area contributed by atoms with Crippen LogP contribution in [0.3, 0.4) is 0 Å². The van der Waals surface area contributed by atoms with Gasteiger partial charge in [-0.05, 0) is 24.1 Å². The van der Waals surface area contributed by atoms with Crippen LogP contribution in [0.1, 0.15) is 20.3 Å². The number of rotatable bonds is 3. The van der Waals surface area contributed by atoms with Gasteiger partial charge in [0.25, 0.3) is 0 Å². The maximum Gasteiger partial charge on any atom is 0.224 e. The van der Waals surface area contributed by atoms with Crippen LogP contribution in [0, 0.1) is 5.92 Å². The number of likely N-dealkylation sites (N-methyl/N-ethyl adjacent to an activating group) is 1. The molecule has 1 N–H and O–H groups in total. The molecule has 1 aliphatic rings. The van der Waals surface area contributed by atoms with Crippen molar-refractivity contribution in [2.24, 2.45) is 5.92 Å². The number of amides is 1. The number of fused-ring (bicyclic) bond motifs is 1. The second kappa shape index (κ2) is 5.29. The summed E-state index contributed by atoms with van der Waals surface area (Å²) in [7, 11) is 2.03. The van der Waals surface area contributed by atoms with Gasteiger partial charge in [0, 0.05) is 19.2 Å². The molecule has 0 saturated carbocycles. The molecule has 0 radical (unpaired) electrons. The number of benzene rings is 1. The van der Waals surface area contributed by atoms with Gasteiger partial charge in [-0.1, -0.05) is 13.8 Å². The molecule has 98 valence electrons. The Labute approximate surface area is 108 Å². The van der Waals surface area contributed by atoms with Gasteiger partial charge in [0.05, 0.1) is 12.2 Å². The summed E-state index contributed by atoms with van der Waals surface area (Å²) in [6.07, 6.45) is 0.545. The number of nitrogens with zero attached hydrogens (tertiary/aromatic N) is 1. The van der Waals surface area contributed by atoms with E-state index in [9.17, 15) is 4.79 Å². The van der Waals surface area contributed by atoms with Gasteiger partial charge in [-0.15, -0.1) is 0 Å². The fraction of sp³-hybridized carbons (Fsp3) is 0.500. The molecule has 1 aromatic carbocycles. The highest BCUT2D eigenvalue weighted by molar-refractivity contribution is 5.91. The number of hydrogen-bond donors (Lipinski definition) is 1. The van der Waals surface area contributed by atoms with E-state index >= 15 is 0 Å². The molecule has 1 aromatic rings. The minimum absolute atomic E-state index is 0.0596. The molecule has 4 nitrogen and oxygen atoms in total. The summed E-state index contributed by atoms with van der Waals surface area (Å²) < 4.78 is 5.56. The maximum atomic E-state index is 11.7. The van der Waals surface area contributed by atoms with E-state index in [2.05, 4.69) is 10.2 Å². The molecule has 0 saturated heterocycles. The van der Waals surface area contributed by atoms with E-state index in [4.69, 9.17) is 4.74 Å². The highest BCUT2D eigenvalue weighted by atomic mass is 16.5. The predicted octanol–water partition coefficient (Wildman–Crippen LogP) is 2.50. The van der Waals surface area contributed by atoms with Crippen LogP contribution in [0.5, 0.6) is 5.75 Å². The van der Waals surface area contributed by atoms with Crippen molar-refractivity contribution in [1.29, 1.82) is 0 Å². The number of nitrogens with one attached hydrogen (secondary N) is 1. The molecule has 1 aliphatic heterocycles. The predicted molar refractivity (Wildman–Crippen MR) is 73.3 cm³/mol. The van der Waals surface area contributed by atoms with Crippen LogP contribution in [-0.4, -0.2) is 26.1 Å². The lowest BCUT2D eigenvalue weighted by atomic mass is 10.1. The third-order valence-electron chi connectivity index (χ3n) is 2.93. The standard InChI is InChI=1S/C14H20N2O2/c1-10(2)8-14(17)15-11-4-5-13-12(9-11)16(3)6-7-18-13/h4-5,9-10H,6-8H2,1-3H3,(H,15,17).